The maximum Gasteiger partial charge on any atom is 0.311 e. The number of ether oxygens (including phenoxy) is 5. The van der Waals surface area contributed by atoms with Gasteiger partial charge in [0, 0.05) is 24.7 Å². The van der Waals surface area contributed by atoms with Gasteiger partial charge in [-0.1, -0.05) is 44.2 Å². The third kappa shape index (κ3) is 8.23. The quantitative estimate of drug-likeness (QED) is 0.203. The van der Waals surface area contributed by atoms with Crippen LogP contribution in [0, 0.1) is 23.2 Å². The van der Waals surface area contributed by atoms with E-state index in [1.165, 1.54) is 33.2 Å². The van der Waals surface area contributed by atoms with Crippen LogP contribution in [0.15, 0.2) is 42.6 Å². The molecule has 0 radical (unpaired) electrons. The number of carbonyl (C=O) groups is 5. The summed E-state index contributed by atoms with van der Waals surface area (Å²) in [5.74, 6) is -6.59. The molecule has 0 saturated carbocycles. The molecule has 13 heteroatoms. The van der Waals surface area contributed by atoms with Crippen molar-refractivity contribution in [2.45, 2.75) is 46.6 Å². The number of esters is 3. The van der Waals surface area contributed by atoms with Crippen LogP contribution in [0.1, 0.15) is 50.2 Å². The molecular formula is C31H38N2O11. The molecule has 1 amide bonds. The maximum absolute atomic E-state index is 13.5. The predicted octanol–water partition coefficient (Wildman–Crippen LogP) is 2.80. The maximum atomic E-state index is 13.5. The Hall–Kier alpha value is -4.68. The van der Waals surface area contributed by atoms with E-state index in [0.717, 1.165) is 5.56 Å². The Kier molecular flexibility index (Phi) is 11.7. The number of nitrogens with zero attached hydrogens (tertiary/aromatic N) is 1. The number of nitrogens with one attached hydrogen (secondary N) is 1. The van der Waals surface area contributed by atoms with Crippen LogP contribution in [0.25, 0.3) is 0 Å². The number of hydrogen-bond donors (Lipinski definition) is 2. The van der Waals surface area contributed by atoms with Crippen LogP contribution < -0.4 is 14.8 Å². The summed E-state index contributed by atoms with van der Waals surface area (Å²) in [5, 5.41) is 13.1. The molecule has 1 aliphatic heterocycles. The summed E-state index contributed by atoms with van der Waals surface area (Å²) in [7, 11) is 1.34. The molecule has 1 aromatic heterocycles. The third-order valence-corrected chi connectivity index (χ3v) is 7.43. The Labute approximate surface area is 255 Å². The number of cyclic esters (lactones) is 2. The van der Waals surface area contributed by atoms with E-state index in [2.05, 4.69) is 10.3 Å². The number of pyridine rings is 1. The van der Waals surface area contributed by atoms with Crippen molar-refractivity contribution in [1.82, 2.24) is 10.3 Å². The molecule has 2 aromatic rings. The number of methoxy groups -OCH3 is 1. The lowest BCUT2D eigenvalue weighted by Gasteiger charge is -2.40. The van der Waals surface area contributed by atoms with Gasteiger partial charge in [0.2, 0.25) is 6.79 Å². The molecule has 4 atom stereocenters. The number of aliphatic carboxylic acids is 1. The van der Waals surface area contributed by atoms with E-state index >= 15 is 0 Å². The van der Waals surface area contributed by atoms with Gasteiger partial charge in [0.1, 0.15) is 12.7 Å². The van der Waals surface area contributed by atoms with Gasteiger partial charge in [-0.3, -0.25) is 24.0 Å². The zero-order valence-corrected chi connectivity index (χ0v) is 25.4. The summed E-state index contributed by atoms with van der Waals surface area (Å²) in [6, 6.07) is 10.4. The second kappa shape index (κ2) is 15.2. The average Bonchev–Trinajstić information content (AvgIpc) is 3.04. The van der Waals surface area contributed by atoms with Crippen molar-refractivity contribution in [2.24, 2.45) is 23.2 Å². The van der Waals surface area contributed by atoms with Crippen LogP contribution >= 0.6 is 0 Å². The number of hydrogen-bond acceptors (Lipinski definition) is 11. The van der Waals surface area contributed by atoms with Crippen molar-refractivity contribution >= 4 is 29.8 Å². The first-order valence-corrected chi connectivity index (χ1v) is 14.1. The Balaban J connectivity index is 1.95. The molecule has 44 heavy (non-hydrogen) atoms. The Bertz CT molecular complexity index is 1350. The monoisotopic (exact) mass is 614 g/mol. The van der Waals surface area contributed by atoms with E-state index in [1.54, 1.807) is 38.1 Å². The van der Waals surface area contributed by atoms with Gasteiger partial charge in [-0.2, -0.15) is 0 Å². The Morgan fingerprint density at radius 2 is 1.86 bits per heavy atom. The molecule has 0 bridgehead atoms. The SMILES string of the molecule is COc1ccnc(C(=O)NCC(C)(C(=O)O)[C@@H]2[C@H](C)OC(=O)CCOC(=O)[C@@H]2Cc2ccccc2)c1OCOC(=O)C(C)C. The summed E-state index contributed by atoms with van der Waals surface area (Å²) >= 11 is 0. The van der Waals surface area contributed by atoms with Gasteiger partial charge in [-0.15, -0.1) is 0 Å². The van der Waals surface area contributed by atoms with Gasteiger partial charge in [0.05, 0.1) is 30.8 Å². The van der Waals surface area contributed by atoms with Crippen molar-refractivity contribution in [2.75, 3.05) is 27.1 Å². The largest absolute Gasteiger partial charge is 0.493 e. The second-order valence-corrected chi connectivity index (χ2v) is 10.9. The summed E-state index contributed by atoms with van der Waals surface area (Å²) in [6.07, 6.45) is 0.179. The molecule has 1 aliphatic rings. The first-order chi connectivity index (χ1) is 20.9. The number of carboxylic acids is 1. The number of carbonyl (C=O) groups excluding carboxylic acids is 4. The highest BCUT2D eigenvalue weighted by Crippen LogP contribution is 2.40. The molecule has 238 valence electrons. The van der Waals surface area contributed by atoms with Crippen LogP contribution in [0.2, 0.25) is 0 Å². The van der Waals surface area contributed by atoms with Gasteiger partial charge < -0.3 is 34.1 Å². The smallest absolute Gasteiger partial charge is 0.311 e. The molecule has 13 nitrogen and oxygen atoms in total. The molecule has 1 fully saturated rings. The van der Waals surface area contributed by atoms with Gasteiger partial charge >= 0.3 is 23.9 Å². The number of benzene rings is 1. The fourth-order valence-electron chi connectivity index (χ4n) is 5.08. The van der Waals surface area contributed by atoms with Gasteiger partial charge in [-0.05, 0) is 25.8 Å². The first kappa shape index (κ1) is 33.8. The van der Waals surface area contributed by atoms with Crippen LogP contribution in [-0.2, 0) is 39.8 Å². The lowest BCUT2D eigenvalue weighted by atomic mass is 9.66. The first-order valence-electron chi connectivity index (χ1n) is 14.1. The lowest BCUT2D eigenvalue weighted by molar-refractivity contribution is -0.169. The van der Waals surface area contributed by atoms with Gasteiger partial charge in [0.25, 0.3) is 5.91 Å². The van der Waals surface area contributed by atoms with Crippen molar-refractivity contribution in [3.05, 3.63) is 53.9 Å². The van der Waals surface area contributed by atoms with E-state index in [-0.39, 0.29) is 36.6 Å². The standard InChI is InChI=1S/C31H38N2O11/c1-18(2)28(36)43-17-42-26-22(40-5)11-13-32-25(26)27(35)33-16-31(4,30(38)39)24-19(3)44-23(34)12-14-41-29(37)21(24)15-20-9-7-6-8-10-20/h6-11,13,18-19,21,24H,12,14-17H2,1-5H3,(H,33,35)(H,38,39)/t19-,21+,24+,31?/m0/s1. The number of amides is 1. The fourth-order valence-corrected chi connectivity index (χ4v) is 5.08. The molecule has 0 aliphatic carbocycles. The average molecular weight is 615 g/mol. The highest BCUT2D eigenvalue weighted by molar-refractivity contribution is 5.96. The van der Waals surface area contributed by atoms with Crippen LogP contribution in [0.3, 0.4) is 0 Å². The molecule has 1 saturated heterocycles. The van der Waals surface area contributed by atoms with E-state index < -0.39 is 72.4 Å². The van der Waals surface area contributed by atoms with Gasteiger partial charge in [0.15, 0.2) is 17.2 Å². The van der Waals surface area contributed by atoms with E-state index in [9.17, 15) is 29.1 Å². The number of rotatable bonds is 12. The Morgan fingerprint density at radius 1 is 1.16 bits per heavy atom. The number of aromatic nitrogens is 1. The zero-order valence-electron chi connectivity index (χ0n) is 25.4. The number of carboxylic acid groups (broad SMARTS) is 1. The predicted molar refractivity (Wildman–Crippen MR) is 154 cm³/mol. The lowest BCUT2D eigenvalue weighted by Crippen LogP contribution is -2.54. The van der Waals surface area contributed by atoms with E-state index in [1.807, 2.05) is 6.07 Å². The van der Waals surface area contributed by atoms with Crippen molar-refractivity contribution in [3.8, 4) is 11.5 Å². The van der Waals surface area contributed by atoms with E-state index in [0.29, 0.717) is 0 Å². The summed E-state index contributed by atoms with van der Waals surface area (Å²) in [6.45, 7) is 4.96. The molecule has 0 spiro atoms. The molecule has 2 heterocycles. The minimum absolute atomic E-state index is 0.105. The topological polar surface area (TPSA) is 177 Å². The van der Waals surface area contributed by atoms with Crippen molar-refractivity contribution < 1.29 is 52.8 Å². The highest BCUT2D eigenvalue weighted by Gasteiger charge is 2.52. The summed E-state index contributed by atoms with van der Waals surface area (Å²) in [4.78, 5) is 68.2. The van der Waals surface area contributed by atoms with Crippen LogP contribution in [0.4, 0.5) is 0 Å². The highest BCUT2D eigenvalue weighted by atomic mass is 16.7. The van der Waals surface area contributed by atoms with Crippen molar-refractivity contribution in [1.29, 1.82) is 0 Å². The van der Waals surface area contributed by atoms with E-state index in [4.69, 9.17) is 23.7 Å². The van der Waals surface area contributed by atoms with Crippen LogP contribution in [0.5, 0.6) is 11.5 Å². The minimum Gasteiger partial charge on any atom is -0.493 e. The molecule has 1 unspecified atom stereocenters. The molecule has 3 rings (SSSR count). The van der Waals surface area contributed by atoms with Crippen LogP contribution in [-0.4, -0.2) is 73.0 Å². The summed E-state index contributed by atoms with van der Waals surface area (Å²) < 4.78 is 26.8. The normalized spacial score (nSPS) is 20.1. The summed E-state index contributed by atoms with van der Waals surface area (Å²) in [5.41, 5.74) is -1.35. The molecule has 2 N–H and O–H groups in total. The fraction of sp³-hybridized carbons (Fsp3) is 0.484. The second-order valence-electron chi connectivity index (χ2n) is 10.9. The zero-order chi connectivity index (χ0) is 32.4. The van der Waals surface area contributed by atoms with Crippen molar-refractivity contribution in [3.63, 3.8) is 0 Å². The van der Waals surface area contributed by atoms with Gasteiger partial charge in [-0.25, -0.2) is 4.98 Å². The molecular weight excluding hydrogens is 576 g/mol. The third-order valence-electron chi connectivity index (χ3n) is 7.43. The molecule has 1 aromatic carbocycles. The minimum atomic E-state index is -1.84. The Morgan fingerprint density at radius 3 is 2.50 bits per heavy atom.